The summed E-state index contributed by atoms with van der Waals surface area (Å²) in [6.07, 6.45) is 3.06. The number of aromatic nitrogens is 5. The Morgan fingerprint density at radius 1 is 1.13 bits per heavy atom. The fourth-order valence-corrected chi connectivity index (χ4v) is 4.01. The van der Waals surface area contributed by atoms with Crippen LogP contribution in [-0.4, -0.2) is 24.5 Å². The average molecular weight is 468 g/mol. The van der Waals surface area contributed by atoms with E-state index in [0.717, 1.165) is 22.1 Å². The largest absolute Gasteiger partial charge is 0.434 e. The van der Waals surface area contributed by atoms with Gasteiger partial charge in [0.05, 0.1) is 15.7 Å². The predicted octanol–water partition coefficient (Wildman–Crippen LogP) is 2.46. The van der Waals surface area contributed by atoms with Crippen molar-refractivity contribution >= 4 is 23.2 Å². The lowest BCUT2D eigenvalue weighted by atomic mass is 9.94. The fourth-order valence-electron chi connectivity index (χ4n) is 3.46. The van der Waals surface area contributed by atoms with Crippen molar-refractivity contribution in [3.8, 4) is 17.3 Å². The van der Waals surface area contributed by atoms with Crippen LogP contribution in [0.25, 0.3) is 5.69 Å². The second kappa shape index (κ2) is 8.27. The lowest BCUT2D eigenvalue weighted by Gasteiger charge is -2.18. The van der Waals surface area contributed by atoms with E-state index in [0.29, 0.717) is 24.0 Å². The molecule has 12 heteroatoms. The van der Waals surface area contributed by atoms with Crippen molar-refractivity contribution in [3.05, 3.63) is 70.2 Å². The van der Waals surface area contributed by atoms with Crippen LogP contribution in [0.5, 0.6) is 11.6 Å². The van der Waals surface area contributed by atoms with E-state index in [-0.39, 0.29) is 32.9 Å². The van der Waals surface area contributed by atoms with Crippen LogP contribution >= 0.6 is 23.2 Å². The van der Waals surface area contributed by atoms with E-state index >= 15 is 0 Å². The molecule has 162 valence electrons. The van der Waals surface area contributed by atoms with E-state index in [2.05, 4.69) is 15.3 Å². The molecule has 1 N–H and O–H groups in total. The van der Waals surface area contributed by atoms with Crippen molar-refractivity contribution in [3.63, 3.8) is 0 Å². The molecule has 0 atom stereocenters. The summed E-state index contributed by atoms with van der Waals surface area (Å²) in [4.78, 5) is 36.3. The van der Waals surface area contributed by atoms with E-state index in [9.17, 15) is 18.8 Å². The highest BCUT2D eigenvalue weighted by atomic mass is 35.5. The number of nitrogens with one attached hydrogen (secondary N) is 1. The Kier molecular flexibility index (Phi) is 5.67. The molecular weight excluding hydrogens is 452 g/mol. The molecule has 31 heavy (non-hydrogen) atoms. The van der Waals surface area contributed by atoms with Crippen LogP contribution in [0.3, 0.4) is 0 Å². The molecule has 1 aliphatic rings. The molecule has 0 saturated heterocycles. The van der Waals surface area contributed by atoms with Gasteiger partial charge in [-0.2, -0.15) is 9.78 Å². The average Bonchev–Trinajstić information content (AvgIpc) is 2.76. The number of hydrogen-bond acceptors (Lipinski definition) is 6. The molecule has 3 aromatic rings. The number of benzene rings is 1. The van der Waals surface area contributed by atoms with E-state index < -0.39 is 23.6 Å². The van der Waals surface area contributed by atoms with Gasteiger partial charge in [-0.25, -0.2) is 14.3 Å². The number of ether oxygens (including phenoxy) is 1. The minimum atomic E-state index is -1.14. The molecule has 0 bridgehead atoms. The van der Waals surface area contributed by atoms with Crippen molar-refractivity contribution in [2.45, 2.75) is 32.4 Å². The van der Waals surface area contributed by atoms with Crippen LogP contribution in [-0.2, 0) is 26.6 Å². The van der Waals surface area contributed by atoms with Gasteiger partial charge in [0.1, 0.15) is 6.67 Å². The molecule has 0 amide bonds. The number of alkyl halides is 1. The molecule has 0 unspecified atom stereocenters. The highest BCUT2D eigenvalue weighted by Crippen LogP contribution is 2.39. The van der Waals surface area contributed by atoms with Crippen molar-refractivity contribution < 1.29 is 9.13 Å². The molecule has 1 aromatic carbocycles. The fraction of sp³-hybridized carbons (Fsp3) is 0.316. The summed E-state index contributed by atoms with van der Waals surface area (Å²) < 4.78 is 20.5. The molecule has 0 fully saturated rings. The zero-order chi connectivity index (χ0) is 22.3. The van der Waals surface area contributed by atoms with Crippen molar-refractivity contribution in [1.82, 2.24) is 24.5 Å². The summed E-state index contributed by atoms with van der Waals surface area (Å²) in [5, 5.41) is 10.2. The summed E-state index contributed by atoms with van der Waals surface area (Å²) in [5.41, 5.74) is -0.852. The molecule has 1 aliphatic carbocycles. The summed E-state index contributed by atoms with van der Waals surface area (Å²) in [5.74, 6) is 0.269. The summed E-state index contributed by atoms with van der Waals surface area (Å²) in [6, 6.07) is 2.70. The van der Waals surface area contributed by atoms with E-state index in [1.54, 1.807) is 0 Å². The van der Waals surface area contributed by atoms with Gasteiger partial charge in [0.2, 0.25) is 5.88 Å². The molecule has 0 radical (unpaired) electrons. The first kappa shape index (κ1) is 21.3. The third-order valence-electron chi connectivity index (χ3n) is 5.05. The number of aromatic amines is 1. The number of fused-ring (bicyclic) bond motifs is 1. The summed E-state index contributed by atoms with van der Waals surface area (Å²) in [6.45, 7) is -1.14. The Morgan fingerprint density at radius 3 is 2.42 bits per heavy atom. The maximum atomic E-state index is 13.1. The first-order valence-corrected chi connectivity index (χ1v) is 10.1. The molecule has 4 rings (SSSR count). The standard InChI is InChI=1S/C19H16Cl2FN5O4/c1-26-18(29)14(8-22)25-27(19(26)30)9-6-12(20)15(13(21)7-9)31-17-11-5-3-2-4-10(11)16(28)23-24-17/h6-7H,2-5,8H2,1H3,(H,23,28). The maximum Gasteiger partial charge on any atom is 0.351 e. The van der Waals surface area contributed by atoms with Crippen LogP contribution in [0.15, 0.2) is 26.5 Å². The van der Waals surface area contributed by atoms with Gasteiger partial charge in [-0.3, -0.25) is 14.2 Å². The van der Waals surface area contributed by atoms with E-state index in [1.165, 1.54) is 19.2 Å². The Bertz CT molecular complexity index is 1340. The van der Waals surface area contributed by atoms with Gasteiger partial charge in [0.15, 0.2) is 11.4 Å². The molecular formula is C19H16Cl2FN5O4. The quantitative estimate of drug-likeness (QED) is 0.630. The molecule has 0 spiro atoms. The van der Waals surface area contributed by atoms with E-state index in [4.69, 9.17) is 27.9 Å². The molecule has 9 nitrogen and oxygen atoms in total. The number of halogens is 3. The molecule has 0 saturated carbocycles. The normalized spacial score (nSPS) is 13.2. The third kappa shape index (κ3) is 3.77. The number of hydrogen-bond donors (Lipinski definition) is 1. The third-order valence-corrected chi connectivity index (χ3v) is 5.61. The van der Waals surface area contributed by atoms with Gasteiger partial charge in [0.25, 0.3) is 11.1 Å². The van der Waals surface area contributed by atoms with Crippen LogP contribution in [0.2, 0.25) is 10.0 Å². The molecule has 0 aliphatic heterocycles. The Labute approximate surface area is 184 Å². The van der Waals surface area contributed by atoms with E-state index in [1.807, 2.05) is 0 Å². The molecule has 2 heterocycles. The van der Waals surface area contributed by atoms with Crippen LogP contribution in [0.1, 0.15) is 29.7 Å². The van der Waals surface area contributed by atoms with Crippen LogP contribution < -0.4 is 21.5 Å². The SMILES string of the molecule is Cn1c(=O)c(CF)nn(-c2cc(Cl)c(Oc3n[nH]c(=O)c4c3CCCC4)c(Cl)c2)c1=O. The van der Waals surface area contributed by atoms with Crippen LogP contribution in [0, 0.1) is 0 Å². The van der Waals surface area contributed by atoms with Gasteiger partial charge >= 0.3 is 5.69 Å². The van der Waals surface area contributed by atoms with Gasteiger partial charge in [-0.05, 0) is 37.8 Å². The predicted molar refractivity (Wildman–Crippen MR) is 111 cm³/mol. The highest BCUT2D eigenvalue weighted by molar-refractivity contribution is 6.37. The second-order valence-corrected chi connectivity index (χ2v) is 7.82. The topological polar surface area (TPSA) is 112 Å². The summed E-state index contributed by atoms with van der Waals surface area (Å²) >= 11 is 12.7. The highest BCUT2D eigenvalue weighted by Gasteiger charge is 2.22. The van der Waals surface area contributed by atoms with Gasteiger partial charge in [0, 0.05) is 18.2 Å². The lowest BCUT2D eigenvalue weighted by Crippen LogP contribution is -2.41. The zero-order valence-electron chi connectivity index (χ0n) is 16.2. The monoisotopic (exact) mass is 467 g/mol. The zero-order valence-corrected chi connectivity index (χ0v) is 17.8. The van der Waals surface area contributed by atoms with Crippen molar-refractivity contribution in [2.75, 3.05) is 0 Å². The van der Waals surface area contributed by atoms with Crippen molar-refractivity contribution in [2.24, 2.45) is 7.05 Å². The summed E-state index contributed by atoms with van der Waals surface area (Å²) in [7, 11) is 1.22. The van der Waals surface area contributed by atoms with Gasteiger partial charge < -0.3 is 4.74 Å². The molecule has 2 aromatic heterocycles. The Balaban J connectivity index is 1.79. The van der Waals surface area contributed by atoms with Gasteiger partial charge in [-0.15, -0.1) is 5.10 Å². The second-order valence-electron chi connectivity index (χ2n) is 7.00. The number of H-pyrrole nitrogens is 1. The Hall–Kier alpha value is -2.98. The lowest BCUT2D eigenvalue weighted by molar-refractivity contribution is 0.440. The minimum absolute atomic E-state index is 0.0319. The number of rotatable bonds is 4. The van der Waals surface area contributed by atoms with Crippen LogP contribution in [0.4, 0.5) is 4.39 Å². The number of nitrogens with zero attached hydrogens (tertiary/aromatic N) is 4. The first-order chi connectivity index (χ1) is 14.8. The first-order valence-electron chi connectivity index (χ1n) is 9.34. The Morgan fingerprint density at radius 2 is 1.77 bits per heavy atom. The van der Waals surface area contributed by atoms with Crippen molar-refractivity contribution in [1.29, 1.82) is 0 Å². The maximum absolute atomic E-state index is 13.1. The van der Waals surface area contributed by atoms with Gasteiger partial charge in [-0.1, -0.05) is 23.2 Å². The minimum Gasteiger partial charge on any atom is -0.434 e. The smallest absolute Gasteiger partial charge is 0.351 e.